The molecule has 4 N–H and O–H groups in total. The number of hydrogen-bond donors (Lipinski definition) is 3. The van der Waals surface area contributed by atoms with Crippen molar-refractivity contribution in [1.29, 1.82) is 0 Å². The smallest absolute Gasteiger partial charge is 0.237 e. The Morgan fingerprint density at radius 1 is 1.33 bits per heavy atom. The number of hydrogen-bond acceptors (Lipinski definition) is 4. The zero-order valence-electron chi connectivity index (χ0n) is 12.7. The highest BCUT2D eigenvalue weighted by atomic mass is 16.5. The molecule has 1 atom stereocenters. The Hall–Kier alpha value is -2.08. The van der Waals surface area contributed by atoms with Gasteiger partial charge in [0.05, 0.1) is 12.6 Å². The van der Waals surface area contributed by atoms with Gasteiger partial charge in [0.15, 0.2) is 0 Å². The molecule has 6 heteroatoms. The molecule has 1 aromatic rings. The Bertz CT molecular complexity index is 489. The second kappa shape index (κ2) is 8.26. The summed E-state index contributed by atoms with van der Waals surface area (Å²) in [6, 6.07) is 6.56. The standard InChI is InChI=1S/C15H23N3O3/c1-10(2)14(16)15(20)17-7-8-21-13-6-4-5-12(9-13)18-11(3)19/h4-6,9-10,14H,7-8,16H2,1-3H3,(H,17,20)(H,18,19)/t14-/m0/s1. The molecule has 6 nitrogen and oxygen atoms in total. The van der Waals surface area contributed by atoms with Gasteiger partial charge in [-0.3, -0.25) is 9.59 Å². The van der Waals surface area contributed by atoms with Crippen LogP contribution >= 0.6 is 0 Å². The first-order chi connectivity index (χ1) is 9.90. The van der Waals surface area contributed by atoms with E-state index in [-0.39, 0.29) is 17.7 Å². The topological polar surface area (TPSA) is 93.5 Å². The summed E-state index contributed by atoms with van der Waals surface area (Å²) in [5, 5.41) is 5.40. The number of rotatable bonds is 7. The first-order valence-corrected chi connectivity index (χ1v) is 6.94. The third kappa shape index (κ3) is 6.27. The Balaban J connectivity index is 2.36. The molecule has 0 unspecified atom stereocenters. The molecule has 0 bridgehead atoms. The van der Waals surface area contributed by atoms with E-state index in [4.69, 9.17) is 10.5 Å². The molecule has 0 aliphatic rings. The second-order valence-electron chi connectivity index (χ2n) is 5.12. The fourth-order valence-electron chi connectivity index (χ4n) is 1.63. The first kappa shape index (κ1) is 17.0. The summed E-state index contributed by atoms with van der Waals surface area (Å²) < 4.78 is 5.51. The van der Waals surface area contributed by atoms with Crippen LogP contribution in [-0.4, -0.2) is 31.0 Å². The molecule has 21 heavy (non-hydrogen) atoms. The van der Waals surface area contributed by atoms with Crippen LogP contribution in [0.3, 0.4) is 0 Å². The lowest BCUT2D eigenvalue weighted by Crippen LogP contribution is -2.45. The van der Waals surface area contributed by atoms with Crippen LogP contribution in [-0.2, 0) is 9.59 Å². The summed E-state index contributed by atoms with van der Waals surface area (Å²) in [7, 11) is 0. The average Bonchev–Trinajstić information content (AvgIpc) is 2.42. The molecular formula is C15H23N3O3. The van der Waals surface area contributed by atoms with Gasteiger partial charge in [0, 0.05) is 18.7 Å². The molecule has 0 aliphatic carbocycles. The minimum atomic E-state index is -0.506. The molecular weight excluding hydrogens is 270 g/mol. The van der Waals surface area contributed by atoms with Crippen molar-refractivity contribution in [2.24, 2.45) is 11.7 Å². The maximum absolute atomic E-state index is 11.6. The molecule has 0 fully saturated rings. The molecule has 1 rings (SSSR count). The fourth-order valence-corrected chi connectivity index (χ4v) is 1.63. The second-order valence-corrected chi connectivity index (χ2v) is 5.12. The van der Waals surface area contributed by atoms with Crippen molar-refractivity contribution in [3.05, 3.63) is 24.3 Å². The number of anilines is 1. The van der Waals surface area contributed by atoms with Crippen LogP contribution in [0.25, 0.3) is 0 Å². The van der Waals surface area contributed by atoms with Gasteiger partial charge in [-0.1, -0.05) is 19.9 Å². The third-order valence-corrected chi connectivity index (χ3v) is 2.85. The van der Waals surface area contributed by atoms with Crippen molar-refractivity contribution in [2.75, 3.05) is 18.5 Å². The van der Waals surface area contributed by atoms with E-state index >= 15 is 0 Å². The Morgan fingerprint density at radius 3 is 2.67 bits per heavy atom. The SMILES string of the molecule is CC(=O)Nc1cccc(OCCNC(=O)[C@@H](N)C(C)C)c1. The van der Waals surface area contributed by atoms with E-state index in [2.05, 4.69) is 10.6 Å². The Morgan fingerprint density at radius 2 is 2.05 bits per heavy atom. The predicted molar refractivity (Wildman–Crippen MR) is 82.1 cm³/mol. The monoisotopic (exact) mass is 293 g/mol. The van der Waals surface area contributed by atoms with Gasteiger partial charge in [0.1, 0.15) is 12.4 Å². The minimum Gasteiger partial charge on any atom is -0.492 e. The van der Waals surface area contributed by atoms with E-state index in [0.717, 1.165) is 0 Å². The summed E-state index contributed by atoms with van der Waals surface area (Å²) in [5.74, 6) is 0.409. The molecule has 0 radical (unpaired) electrons. The van der Waals surface area contributed by atoms with Crippen molar-refractivity contribution in [1.82, 2.24) is 5.32 Å². The highest BCUT2D eigenvalue weighted by Crippen LogP contribution is 2.16. The summed E-state index contributed by atoms with van der Waals surface area (Å²) in [5.41, 5.74) is 6.40. The number of amides is 2. The van der Waals surface area contributed by atoms with Gasteiger partial charge in [-0.25, -0.2) is 0 Å². The number of benzene rings is 1. The van der Waals surface area contributed by atoms with Crippen molar-refractivity contribution >= 4 is 17.5 Å². The van der Waals surface area contributed by atoms with Gasteiger partial charge in [-0.2, -0.15) is 0 Å². The quantitative estimate of drug-likeness (QED) is 0.657. The van der Waals surface area contributed by atoms with Gasteiger partial charge in [-0.05, 0) is 18.1 Å². The third-order valence-electron chi connectivity index (χ3n) is 2.85. The molecule has 0 aromatic heterocycles. The molecule has 1 aromatic carbocycles. The molecule has 2 amide bonds. The van der Waals surface area contributed by atoms with Crippen molar-refractivity contribution in [3.63, 3.8) is 0 Å². The van der Waals surface area contributed by atoms with Crippen LogP contribution in [0.5, 0.6) is 5.75 Å². The van der Waals surface area contributed by atoms with Crippen LogP contribution in [0.1, 0.15) is 20.8 Å². The lowest BCUT2D eigenvalue weighted by molar-refractivity contribution is -0.123. The summed E-state index contributed by atoms with van der Waals surface area (Å²) >= 11 is 0. The Kier molecular flexibility index (Phi) is 6.68. The minimum absolute atomic E-state index is 0.0975. The zero-order chi connectivity index (χ0) is 15.8. The van der Waals surface area contributed by atoms with E-state index < -0.39 is 6.04 Å². The lowest BCUT2D eigenvalue weighted by atomic mass is 10.1. The summed E-state index contributed by atoms with van der Waals surface area (Å²) in [6.07, 6.45) is 0. The van der Waals surface area contributed by atoms with E-state index in [0.29, 0.717) is 24.6 Å². The highest BCUT2D eigenvalue weighted by molar-refractivity contribution is 5.88. The van der Waals surface area contributed by atoms with Gasteiger partial charge in [-0.15, -0.1) is 0 Å². The maximum atomic E-state index is 11.6. The molecule has 0 heterocycles. The highest BCUT2D eigenvalue weighted by Gasteiger charge is 2.16. The van der Waals surface area contributed by atoms with E-state index in [1.54, 1.807) is 24.3 Å². The van der Waals surface area contributed by atoms with Gasteiger partial charge in [0.25, 0.3) is 0 Å². The van der Waals surface area contributed by atoms with E-state index in [1.165, 1.54) is 6.92 Å². The normalized spacial score (nSPS) is 11.9. The van der Waals surface area contributed by atoms with Crippen molar-refractivity contribution < 1.29 is 14.3 Å². The number of nitrogens with two attached hydrogens (primary N) is 1. The number of nitrogens with one attached hydrogen (secondary N) is 2. The summed E-state index contributed by atoms with van der Waals surface area (Å²) in [6.45, 7) is 5.95. The van der Waals surface area contributed by atoms with E-state index in [9.17, 15) is 9.59 Å². The first-order valence-electron chi connectivity index (χ1n) is 6.94. The maximum Gasteiger partial charge on any atom is 0.237 e. The van der Waals surface area contributed by atoms with E-state index in [1.807, 2.05) is 13.8 Å². The molecule has 0 aliphatic heterocycles. The number of carbonyl (C=O) groups is 2. The van der Waals surface area contributed by atoms with Gasteiger partial charge in [0.2, 0.25) is 11.8 Å². The lowest BCUT2D eigenvalue weighted by Gasteiger charge is -2.15. The fraction of sp³-hybridized carbons (Fsp3) is 0.467. The van der Waals surface area contributed by atoms with Crippen molar-refractivity contribution in [3.8, 4) is 5.75 Å². The molecule has 0 spiro atoms. The van der Waals surface area contributed by atoms with Crippen LogP contribution in [0, 0.1) is 5.92 Å². The van der Waals surface area contributed by atoms with Crippen LogP contribution in [0.2, 0.25) is 0 Å². The van der Waals surface area contributed by atoms with Gasteiger partial charge < -0.3 is 21.1 Å². The van der Waals surface area contributed by atoms with Crippen molar-refractivity contribution in [2.45, 2.75) is 26.8 Å². The van der Waals surface area contributed by atoms with Crippen LogP contribution in [0.15, 0.2) is 24.3 Å². The molecule has 116 valence electrons. The number of carbonyl (C=O) groups excluding carboxylic acids is 2. The Labute approximate surface area is 125 Å². The number of ether oxygens (including phenoxy) is 1. The van der Waals surface area contributed by atoms with Crippen LogP contribution < -0.4 is 21.1 Å². The van der Waals surface area contributed by atoms with Crippen LogP contribution in [0.4, 0.5) is 5.69 Å². The zero-order valence-corrected chi connectivity index (χ0v) is 12.7. The average molecular weight is 293 g/mol. The predicted octanol–water partition coefficient (Wildman–Crippen LogP) is 1.12. The van der Waals surface area contributed by atoms with Gasteiger partial charge >= 0.3 is 0 Å². The molecule has 0 saturated carbocycles. The summed E-state index contributed by atoms with van der Waals surface area (Å²) in [4.78, 5) is 22.6. The molecule has 0 saturated heterocycles. The largest absolute Gasteiger partial charge is 0.492 e.